The molecule has 1 atom stereocenters. The van der Waals surface area contributed by atoms with Crippen molar-refractivity contribution >= 4 is 0 Å². The predicted molar refractivity (Wildman–Crippen MR) is 61.9 cm³/mol. The highest BCUT2D eigenvalue weighted by atomic mass is 19.1. The van der Waals surface area contributed by atoms with Crippen LogP contribution < -0.4 is 4.74 Å². The topological polar surface area (TPSA) is 29.5 Å². The summed E-state index contributed by atoms with van der Waals surface area (Å²) in [7, 11) is 1.34. The number of ether oxygens (including phenoxy) is 1. The molecule has 0 aliphatic rings. The van der Waals surface area contributed by atoms with Gasteiger partial charge in [-0.3, -0.25) is 0 Å². The lowest BCUT2D eigenvalue weighted by molar-refractivity contribution is 0.0955. The van der Waals surface area contributed by atoms with Gasteiger partial charge in [0.25, 0.3) is 0 Å². The van der Waals surface area contributed by atoms with Gasteiger partial charge in [-0.05, 0) is 5.92 Å². The van der Waals surface area contributed by atoms with Gasteiger partial charge < -0.3 is 9.84 Å². The molecular weight excluding hydrogens is 226 g/mol. The Labute approximate surface area is 100 Å². The van der Waals surface area contributed by atoms with Gasteiger partial charge in [0.1, 0.15) is 17.4 Å². The molecule has 2 nitrogen and oxygen atoms in total. The van der Waals surface area contributed by atoms with E-state index >= 15 is 0 Å². The first-order valence-corrected chi connectivity index (χ1v) is 5.76. The van der Waals surface area contributed by atoms with Crippen molar-refractivity contribution in [2.45, 2.75) is 32.8 Å². The third kappa shape index (κ3) is 2.94. The smallest absolute Gasteiger partial charge is 0.135 e. The Morgan fingerprint density at radius 2 is 1.65 bits per heavy atom. The van der Waals surface area contributed by atoms with Crippen molar-refractivity contribution < 1.29 is 18.6 Å². The monoisotopic (exact) mass is 244 g/mol. The Morgan fingerprint density at radius 1 is 1.18 bits per heavy atom. The van der Waals surface area contributed by atoms with Crippen molar-refractivity contribution in [3.05, 3.63) is 29.3 Å². The zero-order chi connectivity index (χ0) is 13.0. The van der Waals surface area contributed by atoms with Gasteiger partial charge >= 0.3 is 0 Å². The van der Waals surface area contributed by atoms with Crippen LogP contribution in [0.1, 0.15) is 38.4 Å². The Kier molecular flexibility index (Phi) is 4.87. The molecule has 0 aliphatic heterocycles. The van der Waals surface area contributed by atoms with Crippen molar-refractivity contribution in [3.63, 3.8) is 0 Å². The lowest BCUT2D eigenvalue weighted by Gasteiger charge is -2.21. The molecule has 1 rings (SSSR count). The van der Waals surface area contributed by atoms with E-state index in [2.05, 4.69) is 0 Å². The third-order valence-electron chi connectivity index (χ3n) is 3.08. The van der Waals surface area contributed by atoms with Crippen LogP contribution in [0.25, 0.3) is 0 Å². The molecule has 0 spiro atoms. The van der Waals surface area contributed by atoms with Crippen LogP contribution in [0.2, 0.25) is 0 Å². The molecule has 1 aromatic carbocycles. The Balaban J connectivity index is 3.13. The second-order valence-electron chi connectivity index (χ2n) is 4.03. The van der Waals surface area contributed by atoms with Crippen LogP contribution in [0.5, 0.6) is 5.75 Å². The first-order chi connectivity index (χ1) is 8.04. The van der Waals surface area contributed by atoms with Crippen molar-refractivity contribution in [3.8, 4) is 5.75 Å². The van der Waals surface area contributed by atoms with Gasteiger partial charge in [-0.1, -0.05) is 26.7 Å². The van der Waals surface area contributed by atoms with E-state index in [-0.39, 0.29) is 17.2 Å². The number of hydrogen-bond acceptors (Lipinski definition) is 2. The first kappa shape index (κ1) is 13.9. The maximum absolute atomic E-state index is 13.7. The second-order valence-corrected chi connectivity index (χ2v) is 4.03. The molecular formula is C13H18F2O2. The van der Waals surface area contributed by atoms with Crippen LogP contribution in [0.3, 0.4) is 0 Å². The standard InChI is InChI=1S/C13H18F2O2/c1-4-8(5-2)13(16)12-10(14)6-9(17-3)7-11(12)15/h6-8,13,16H,4-5H2,1-3H3. The van der Waals surface area contributed by atoms with E-state index < -0.39 is 17.7 Å². The van der Waals surface area contributed by atoms with E-state index in [9.17, 15) is 13.9 Å². The maximum atomic E-state index is 13.7. The molecule has 0 radical (unpaired) electrons. The molecule has 96 valence electrons. The van der Waals surface area contributed by atoms with Gasteiger partial charge in [0.2, 0.25) is 0 Å². The van der Waals surface area contributed by atoms with Crippen LogP contribution in [-0.2, 0) is 0 Å². The Bertz CT molecular complexity index is 353. The number of benzene rings is 1. The summed E-state index contributed by atoms with van der Waals surface area (Å²) in [5.41, 5.74) is -0.264. The summed E-state index contributed by atoms with van der Waals surface area (Å²) in [4.78, 5) is 0. The SMILES string of the molecule is CCC(CC)C(O)c1c(F)cc(OC)cc1F. The molecule has 17 heavy (non-hydrogen) atoms. The summed E-state index contributed by atoms with van der Waals surface area (Å²) < 4.78 is 32.2. The highest BCUT2D eigenvalue weighted by molar-refractivity contribution is 5.32. The van der Waals surface area contributed by atoms with Crippen LogP contribution >= 0.6 is 0 Å². The van der Waals surface area contributed by atoms with E-state index in [0.717, 1.165) is 12.1 Å². The molecule has 0 aliphatic carbocycles. The molecule has 0 saturated carbocycles. The molecule has 0 amide bonds. The molecule has 1 N–H and O–H groups in total. The maximum Gasteiger partial charge on any atom is 0.135 e. The summed E-state index contributed by atoms with van der Waals surface area (Å²) in [6.07, 6.45) is 0.224. The average Bonchev–Trinajstić information content (AvgIpc) is 2.29. The average molecular weight is 244 g/mol. The quantitative estimate of drug-likeness (QED) is 0.859. The number of aliphatic hydroxyl groups excluding tert-OH is 1. The lowest BCUT2D eigenvalue weighted by atomic mass is 9.90. The van der Waals surface area contributed by atoms with Crippen LogP contribution in [-0.4, -0.2) is 12.2 Å². The fourth-order valence-corrected chi connectivity index (χ4v) is 1.93. The molecule has 0 heterocycles. The number of aliphatic hydroxyl groups is 1. The minimum atomic E-state index is -1.11. The molecule has 4 heteroatoms. The minimum Gasteiger partial charge on any atom is -0.497 e. The zero-order valence-corrected chi connectivity index (χ0v) is 10.3. The normalized spacial score (nSPS) is 12.9. The Morgan fingerprint density at radius 3 is 2.00 bits per heavy atom. The van der Waals surface area contributed by atoms with E-state index in [0.29, 0.717) is 12.8 Å². The van der Waals surface area contributed by atoms with E-state index in [4.69, 9.17) is 4.74 Å². The van der Waals surface area contributed by atoms with E-state index in [1.807, 2.05) is 13.8 Å². The van der Waals surface area contributed by atoms with Crippen LogP contribution in [0, 0.1) is 17.6 Å². The predicted octanol–water partition coefficient (Wildman–Crippen LogP) is 3.44. The summed E-state index contributed by atoms with van der Waals surface area (Å²) in [6.45, 7) is 3.77. The van der Waals surface area contributed by atoms with Crippen LogP contribution in [0.4, 0.5) is 8.78 Å². The van der Waals surface area contributed by atoms with Gasteiger partial charge in [-0.25, -0.2) is 8.78 Å². The number of halogens is 2. The van der Waals surface area contributed by atoms with Crippen molar-refractivity contribution in [1.82, 2.24) is 0 Å². The van der Waals surface area contributed by atoms with Gasteiger partial charge in [-0.15, -0.1) is 0 Å². The summed E-state index contributed by atoms with van der Waals surface area (Å²) in [5.74, 6) is -1.56. The molecule has 1 unspecified atom stereocenters. The summed E-state index contributed by atoms with van der Waals surface area (Å²) in [6, 6.07) is 2.17. The largest absolute Gasteiger partial charge is 0.497 e. The molecule has 0 saturated heterocycles. The summed E-state index contributed by atoms with van der Waals surface area (Å²) in [5, 5.41) is 9.98. The number of methoxy groups -OCH3 is 1. The van der Waals surface area contributed by atoms with E-state index in [1.165, 1.54) is 7.11 Å². The fraction of sp³-hybridized carbons (Fsp3) is 0.538. The minimum absolute atomic E-state index is 0.112. The fourth-order valence-electron chi connectivity index (χ4n) is 1.93. The van der Waals surface area contributed by atoms with Crippen molar-refractivity contribution in [2.24, 2.45) is 5.92 Å². The van der Waals surface area contributed by atoms with Gasteiger partial charge in [0.05, 0.1) is 18.8 Å². The number of rotatable bonds is 5. The Hall–Kier alpha value is -1.16. The third-order valence-corrected chi connectivity index (χ3v) is 3.08. The number of hydrogen-bond donors (Lipinski definition) is 1. The highest BCUT2D eigenvalue weighted by Crippen LogP contribution is 2.32. The first-order valence-electron chi connectivity index (χ1n) is 5.76. The van der Waals surface area contributed by atoms with Crippen LogP contribution in [0.15, 0.2) is 12.1 Å². The van der Waals surface area contributed by atoms with Gasteiger partial charge in [-0.2, -0.15) is 0 Å². The van der Waals surface area contributed by atoms with E-state index in [1.54, 1.807) is 0 Å². The van der Waals surface area contributed by atoms with Crippen molar-refractivity contribution in [1.29, 1.82) is 0 Å². The molecule has 0 aromatic heterocycles. The highest BCUT2D eigenvalue weighted by Gasteiger charge is 2.25. The molecule has 1 aromatic rings. The van der Waals surface area contributed by atoms with Gasteiger partial charge in [0, 0.05) is 12.1 Å². The molecule has 0 bridgehead atoms. The zero-order valence-electron chi connectivity index (χ0n) is 10.3. The second kappa shape index (κ2) is 5.96. The summed E-state index contributed by atoms with van der Waals surface area (Å²) >= 11 is 0. The molecule has 0 fully saturated rings. The lowest BCUT2D eigenvalue weighted by Crippen LogP contribution is -2.14. The van der Waals surface area contributed by atoms with Crippen molar-refractivity contribution in [2.75, 3.05) is 7.11 Å². The van der Waals surface area contributed by atoms with Gasteiger partial charge in [0.15, 0.2) is 0 Å².